The number of aromatic nitrogens is 5. The number of nitrogens with zero attached hydrogens (tertiary/aromatic N) is 7. The van der Waals surface area contributed by atoms with Gasteiger partial charge in [0.1, 0.15) is 12.5 Å². The molecule has 10 nitrogen and oxygen atoms in total. The van der Waals surface area contributed by atoms with Crippen molar-refractivity contribution in [1.29, 1.82) is 0 Å². The van der Waals surface area contributed by atoms with Gasteiger partial charge in [0.15, 0.2) is 11.5 Å². The molecule has 0 unspecified atom stereocenters. The van der Waals surface area contributed by atoms with Gasteiger partial charge < -0.3 is 14.4 Å². The third kappa shape index (κ3) is 6.24. The lowest BCUT2D eigenvalue weighted by molar-refractivity contribution is 0.0785. The van der Waals surface area contributed by atoms with Crippen LogP contribution in [0.1, 0.15) is 26.2 Å². The van der Waals surface area contributed by atoms with Gasteiger partial charge in [0, 0.05) is 51.1 Å². The number of morpholine rings is 1. The summed E-state index contributed by atoms with van der Waals surface area (Å²) in [6, 6.07) is 5.19. The zero-order chi connectivity index (χ0) is 26.0. The average Bonchev–Trinajstić information content (AvgIpc) is 3.49. The van der Waals surface area contributed by atoms with Gasteiger partial charge in [-0.1, -0.05) is 26.1 Å². The first-order valence-electron chi connectivity index (χ1n) is 13.3. The standard InChI is InChI=1S/C25H39N7O3SSi/c1-20-18-34-11-10-31(20)24-16-22(29-36(33)13-6-5-7-14-36)21-17-26-32(25(21)27-24)23-8-9-30(28-23)19-35-12-15-37(2,3)4/h8-9,16-17,20H,5-7,10-15,18-19H2,1-4H3/t20-/m1/s1. The van der Waals surface area contributed by atoms with Crippen molar-refractivity contribution in [2.75, 3.05) is 42.8 Å². The summed E-state index contributed by atoms with van der Waals surface area (Å²) in [5, 5.41) is 10.1. The molecule has 3 aromatic heterocycles. The smallest absolute Gasteiger partial charge is 0.177 e. The molecular weight excluding hydrogens is 506 g/mol. The molecule has 0 radical (unpaired) electrons. The monoisotopic (exact) mass is 545 g/mol. The van der Waals surface area contributed by atoms with E-state index >= 15 is 0 Å². The van der Waals surface area contributed by atoms with Crippen LogP contribution in [0.15, 0.2) is 28.9 Å². The van der Waals surface area contributed by atoms with Gasteiger partial charge in [-0.2, -0.15) is 19.2 Å². The Hall–Kier alpha value is -2.28. The Balaban J connectivity index is 1.50. The lowest BCUT2D eigenvalue weighted by Gasteiger charge is -2.34. The molecule has 12 heteroatoms. The normalized spacial score (nSPS) is 20.4. The quantitative estimate of drug-likeness (QED) is 0.305. The zero-order valence-corrected chi connectivity index (χ0v) is 24.2. The van der Waals surface area contributed by atoms with E-state index in [1.807, 2.05) is 18.3 Å². The molecule has 0 amide bonds. The number of fused-ring (bicyclic) bond motifs is 1. The van der Waals surface area contributed by atoms with E-state index in [1.54, 1.807) is 15.6 Å². The summed E-state index contributed by atoms with van der Waals surface area (Å²) >= 11 is 0. The van der Waals surface area contributed by atoms with Crippen LogP contribution in [0, 0.1) is 0 Å². The molecule has 5 rings (SSSR count). The maximum Gasteiger partial charge on any atom is 0.177 e. The predicted molar refractivity (Wildman–Crippen MR) is 150 cm³/mol. The zero-order valence-electron chi connectivity index (χ0n) is 22.4. The Kier molecular flexibility index (Phi) is 7.71. The Morgan fingerprint density at radius 1 is 1.22 bits per heavy atom. The van der Waals surface area contributed by atoms with Crippen LogP contribution in [0.2, 0.25) is 25.7 Å². The van der Waals surface area contributed by atoms with Crippen molar-refractivity contribution in [3.8, 4) is 5.82 Å². The van der Waals surface area contributed by atoms with E-state index < -0.39 is 17.8 Å². The first-order valence-corrected chi connectivity index (χ1v) is 18.8. The third-order valence-corrected chi connectivity index (χ3v) is 11.0. The van der Waals surface area contributed by atoms with Crippen molar-refractivity contribution in [1.82, 2.24) is 24.5 Å². The van der Waals surface area contributed by atoms with E-state index in [2.05, 4.69) is 36.6 Å². The van der Waals surface area contributed by atoms with Gasteiger partial charge >= 0.3 is 0 Å². The van der Waals surface area contributed by atoms with Crippen molar-refractivity contribution in [3.63, 3.8) is 0 Å². The highest BCUT2D eigenvalue weighted by Crippen LogP contribution is 2.33. The fourth-order valence-electron chi connectivity index (χ4n) is 4.71. The molecule has 0 bridgehead atoms. The highest BCUT2D eigenvalue weighted by Gasteiger charge is 2.24. The summed E-state index contributed by atoms with van der Waals surface area (Å²) in [5.74, 6) is 2.76. The van der Waals surface area contributed by atoms with Crippen LogP contribution in [-0.2, 0) is 25.9 Å². The number of ether oxygens (including phenoxy) is 2. The minimum absolute atomic E-state index is 0.179. The number of hydrogen-bond acceptors (Lipinski definition) is 8. The molecule has 0 N–H and O–H groups in total. The van der Waals surface area contributed by atoms with Crippen LogP contribution in [0.5, 0.6) is 0 Å². The summed E-state index contributed by atoms with van der Waals surface area (Å²) in [6.07, 6.45) is 6.71. The summed E-state index contributed by atoms with van der Waals surface area (Å²) in [5.41, 5.74) is 1.37. The molecule has 202 valence electrons. The highest BCUT2D eigenvalue weighted by atomic mass is 32.2. The minimum atomic E-state index is -2.29. The molecule has 37 heavy (non-hydrogen) atoms. The molecule has 2 saturated heterocycles. The van der Waals surface area contributed by atoms with Crippen molar-refractivity contribution < 1.29 is 13.7 Å². The van der Waals surface area contributed by atoms with Gasteiger partial charge in [-0.25, -0.2) is 13.9 Å². The second-order valence-corrected chi connectivity index (χ2v) is 19.5. The van der Waals surface area contributed by atoms with Gasteiger partial charge in [-0.3, -0.25) is 0 Å². The fraction of sp³-hybridized carbons (Fsp3) is 0.640. The van der Waals surface area contributed by atoms with Crippen LogP contribution >= 0.6 is 0 Å². The molecule has 0 spiro atoms. The first-order chi connectivity index (χ1) is 17.7. The fourth-order valence-corrected chi connectivity index (χ4v) is 7.67. The van der Waals surface area contributed by atoms with E-state index in [9.17, 15) is 4.21 Å². The summed E-state index contributed by atoms with van der Waals surface area (Å²) in [6.45, 7) is 12.3. The molecule has 0 aromatic carbocycles. The summed E-state index contributed by atoms with van der Waals surface area (Å²) in [4.78, 5) is 7.25. The number of rotatable bonds is 8. The van der Waals surface area contributed by atoms with E-state index in [0.29, 0.717) is 48.6 Å². The molecule has 1 atom stereocenters. The topological polar surface area (TPSA) is 99.7 Å². The lowest BCUT2D eigenvalue weighted by Crippen LogP contribution is -2.44. The summed E-state index contributed by atoms with van der Waals surface area (Å²) < 4.78 is 33.5. The van der Waals surface area contributed by atoms with E-state index in [1.165, 1.54) is 0 Å². The van der Waals surface area contributed by atoms with Gasteiger partial charge in [-0.15, -0.1) is 0 Å². The molecule has 3 aromatic rings. The van der Waals surface area contributed by atoms with Crippen LogP contribution in [0.3, 0.4) is 0 Å². The molecular formula is C25H39N7O3SSi. The van der Waals surface area contributed by atoms with Crippen molar-refractivity contribution in [2.24, 2.45) is 4.36 Å². The molecule has 2 aliphatic heterocycles. The average molecular weight is 546 g/mol. The number of hydrogen-bond donors (Lipinski definition) is 0. The second-order valence-electron chi connectivity index (χ2n) is 11.3. The molecule has 2 fully saturated rings. The highest BCUT2D eigenvalue weighted by molar-refractivity contribution is 7.93. The first kappa shape index (κ1) is 26.3. The van der Waals surface area contributed by atoms with Gasteiger partial charge in [-0.05, 0) is 25.8 Å². The molecule has 0 aliphatic carbocycles. The maximum atomic E-state index is 13.6. The molecule has 5 heterocycles. The Morgan fingerprint density at radius 3 is 2.78 bits per heavy atom. The van der Waals surface area contributed by atoms with Crippen molar-refractivity contribution in [2.45, 2.75) is 64.6 Å². The SMILES string of the molecule is C[C@@H]1COCCN1c1cc(N=S2(=O)CCCCC2)c2cnn(-c3ccn(COCC[Si](C)(C)C)n3)c2n1. The maximum absolute atomic E-state index is 13.6. The Bertz CT molecular complexity index is 1340. The second kappa shape index (κ2) is 10.8. The lowest BCUT2D eigenvalue weighted by atomic mass is 10.2. The predicted octanol–water partition coefficient (Wildman–Crippen LogP) is 4.44. The van der Waals surface area contributed by atoms with E-state index in [-0.39, 0.29) is 6.04 Å². The van der Waals surface area contributed by atoms with Crippen LogP contribution < -0.4 is 4.90 Å². The summed E-state index contributed by atoms with van der Waals surface area (Å²) in [7, 11) is -3.42. The van der Waals surface area contributed by atoms with Crippen molar-refractivity contribution >= 4 is 40.3 Å². The molecule has 2 aliphatic rings. The van der Waals surface area contributed by atoms with Crippen LogP contribution in [-0.4, -0.2) is 80.7 Å². The minimum Gasteiger partial charge on any atom is -0.377 e. The molecule has 0 saturated carbocycles. The Morgan fingerprint density at radius 2 is 2.03 bits per heavy atom. The van der Waals surface area contributed by atoms with Gasteiger partial charge in [0.2, 0.25) is 0 Å². The third-order valence-electron chi connectivity index (χ3n) is 6.92. The van der Waals surface area contributed by atoms with Crippen LogP contribution in [0.4, 0.5) is 11.5 Å². The van der Waals surface area contributed by atoms with Crippen molar-refractivity contribution in [3.05, 3.63) is 24.5 Å². The Labute approximate surface area is 220 Å². The number of pyridine rings is 1. The van der Waals surface area contributed by atoms with E-state index in [4.69, 9.17) is 23.9 Å². The largest absolute Gasteiger partial charge is 0.377 e. The van der Waals surface area contributed by atoms with Gasteiger partial charge in [0.05, 0.1) is 46.3 Å². The van der Waals surface area contributed by atoms with E-state index in [0.717, 1.165) is 49.7 Å². The van der Waals surface area contributed by atoms with Gasteiger partial charge in [0.25, 0.3) is 0 Å². The number of anilines is 1. The van der Waals surface area contributed by atoms with Crippen LogP contribution in [0.25, 0.3) is 16.9 Å².